The summed E-state index contributed by atoms with van der Waals surface area (Å²) in [5.41, 5.74) is -0.494. The van der Waals surface area contributed by atoms with E-state index in [0.29, 0.717) is 30.6 Å². The third-order valence-corrected chi connectivity index (χ3v) is 13.6. The van der Waals surface area contributed by atoms with E-state index in [4.69, 9.17) is 4.74 Å². The van der Waals surface area contributed by atoms with E-state index in [0.717, 1.165) is 67.4 Å². The molecule has 4 aliphatic rings. The van der Waals surface area contributed by atoms with Crippen molar-refractivity contribution in [3.63, 3.8) is 0 Å². The van der Waals surface area contributed by atoms with Gasteiger partial charge in [-0.05, 0) is 134 Å². The molecule has 0 heterocycles. The summed E-state index contributed by atoms with van der Waals surface area (Å²) in [6.07, 6.45) is 7.55. The maximum Gasteiger partial charge on any atom is 0.416 e. The number of rotatable bonds is 12. The number of ether oxygens (including phenoxy) is 1. The van der Waals surface area contributed by atoms with Crippen molar-refractivity contribution in [2.45, 2.75) is 156 Å². The van der Waals surface area contributed by atoms with E-state index in [1.807, 2.05) is 0 Å². The zero-order valence-electron chi connectivity index (χ0n) is 30.2. The van der Waals surface area contributed by atoms with E-state index in [1.165, 1.54) is 50.5 Å². The molecule has 1 aromatic carbocycles. The Bertz CT molecular complexity index is 1300. The molecule has 0 N–H and O–H groups in total. The molecule has 3 fully saturated rings. The number of benzene rings is 1. The maximum absolute atomic E-state index is 13.2. The predicted octanol–water partition coefficient (Wildman–Crippen LogP) is 12.8. The van der Waals surface area contributed by atoms with Crippen LogP contribution in [-0.2, 0) is 28.3 Å². The van der Waals surface area contributed by atoms with Gasteiger partial charge in [-0.3, -0.25) is 4.79 Å². The lowest BCUT2D eigenvalue weighted by molar-refractivity contribution is -0.151. The fraction of sp³-hybridized carbons (Fsp3) is 0.780. The molecule has 0 radical (unpaired) electrons. The minimum atomic E-state index is -4.85. The number of carbonyl (C=O) groups excluding carboxylic acids is 1. The van der Waals surface area contributed by atoms with Gasteiger partial charge in [-0.25, -0.2) is 0 Å². The number of hydrogen-bond donors (Lipinski definition) is 0. The molecule has 0 aromatic heterocycles. The lowest BCUT2D eigenvalue weighted by Crippen LogP contribution is -2.51. The van der Waals surface area contributed by atoms with Gasteiger partial charge >= 0.3 is 18.3 Å². The van der Waals surface area contributed by atoms with Gasteiger partial charge in [0.05, 0.1) is 11.1 Å². The molecule has 49 heavy (non-hydrogen) atoms. The van der Waals surface area contributed by atoms with E-state index in [1.54, 1.807) is 0 Å². The molecule has 1 aromatic rings. The molecule has 8 atom stereocenters. The van der Waals surface area contributed by atoms with Crippen molar-refractivity contribution >= 4 is 5.97 Å². The van der Waals surface area contributed by atoms with Crippen LogP contribution in [0.4, 0.5) is 26.3 Å². The molecule has 0 aliphatic heterocycles. The normalized spacial score (nSPS) is 32.2. The average molecular weight is 697 g/mol. The molecule has 4 aliphatic carbocycles. The van der Waals surface area contributed by atoms with Crippen molar-refractivity contribution in [2.24, 2.45) is 46.3 Å². The molecule has 3 saturated carbocycles. The Morgan fingerprint density at radius 1 is 0.837 bits per heavy atom. The summed E-state index contributed by atoms with van der Waals surface area (Å²) in [6.45, 7) is 12.3. The van der Waals surface area contributed by atoms with Crippen molar-refractivity contribution in [3.05, 3.63) is 46.5 Å². The Labute approximate surface area is 290 Å². The molecule has 0 spiro atoms. The summed E-state index contributed by atoms with van der Waals surface area (Å²) in [7, 11) is 0. The Kier molecular flexibility index (Phi) is 11.7. The minimum absolute atomic E-state index is 0.0000214. The molecule has 276 valence electrons. The molecule has 0 bridgehead atoms. The summed E-state index contributed by atoms with van der Waals surface area (Å²) < 4.78 is 85.0. The Morgan fingerprint density at radius 3 is 2.18 bits per heavy atom. The summed E-state index contributed by atoms with van der Waals surface area (Å²) >= 11 is 0. The first-order valence-corrected chi connectivity index (χ1v) is 19.1. The van der Waals surface area contributed by atoms with Crippen LogP contribution in [-0.4, -0.2) is 12.1 Å². The molecular weight excluding hydrogens is 638 g/mol. The lowest BCUT2D eigenvalue weighted by atomic mass is 9.47. The molecular formula is C41H58F6O2. The topological polar surface area (TPSA) is 26.3 Å². The van der Waals surface area contributed by atoms with Crippen molar-refractivity contribution in [2.75, 3.05) is 0 Å². The van der Waals surface area contributed by atoms with Crippen molar-refractivity contribution < 1.29 is 35.9 Å². The van der Waals surface area contributed by atoms with Gasteiger partial charge in [0.15, 0.2) is 0 Å². The van der Waals surface area contributed by atoms with Crippen LogP contribution in [0.15, 0.2) is 29.8 Å². The van der Waals surface area contributed by atoms with Gasteiger partial charge in [-0.2, -0.15) is 26.3 Å². The highest BCUT2D eigenvalue weighted by Crippen LogP contribution is 2.67. The molecule has 0 amide bonds. The van der Waals surface area contributed by atoms with Gasteiger partial charge in [-0.15, -0.1) is 0 Å². The van der Waals surface area contributed by atoms with Gasteiger partial charge in [0.2, 0.25) is 0 Å². The molecule has 2 nitrogen and oxygen atoms in total. The number of allylic oxidation sites excluding steroid dienone is 1. The van der Waals surface area contributed by atoms with Crippen LogP contribution >= 0.6 is 0 Å². The average Bonchev–Trinajstić information content (AvgIpc) is 3.37. The Hall–Kier alpha value is -1.99. The summed E-state index contributed by atoms with van der Waals surface area (Å²) in [5, 5.41) is 0. The summed E-state index contributed by atoms with van der Waals surface area (Å²) in [6, 6.07) is 1.73. The van der Waals surface area contributed by atoms with E-state index >= 15 is 0 Å². The van der Waals surface area contributed by atoms with Gasteiger partial charge in [0.25, 0.3) is 0 Å². The minimum Gasteiger partial charge on any atom is -0.462 e. The zero-order chi connectivity index (χ0) is 35.8. The van der Waals surface area contributed by atoms with Crippen LogP contribution in [0.2, 0.25) is 0 Å². The van der Waals surface area contributed by atoms with Gasteiger partial charge in [0.1, 0.15) is 6.10 Å². The van der Waals surface area contributed by atoms with Crippen LogP contribution < -0.4 is 0 Å². The number of halogens is 6. The number of carbonyl (C=O) groups is 1. The van der Waals surface area contributed by atoms with E-state index < -0.39 is 23.5 Å². The van der Waals surface area contributed by atoms with Crippen LogP contribution in [0, 0.1) is 46.3 Å². The van der Waals surface area contributed by atoms with Crippen LogP contribution in [0.5, 0.6) is 0 Å². The molecule has 8 heteroatoms. The largest absolute Gasteiger partial charge is 0.462 e. The highest BCUT2D eigenvalue weighted by atomic mass is 19.4. The van der Waals surface area contributed by atoms with Crippen molar-refractivity contribution in [1.29, 1.82) is 0 Å². The van der Waals surface area contributed by atoms with Crippen LogP contribution in [0.1, 0.15) is 148 Å². The third-order valence-electron chi connectivity index (χ3n) is 13.6. The SMILES string of the molecule is CC(C)CCCC(C)C1CCC2C3CC=C4CC(OC(=O)CCCCCc5cc(C(F)(F)F)cc(C(F)(F)F)c5)CCC4(C)C3CCC12C. The van der Waals surface area contributed by atoms with E-state index in [2.05, 4.69) is 40.7 Å². The number of hydrogen-bond acceptors (Lipinski definition) is 2. The Balaban J connectivity index is 1.09. The number of aryl methyl sites for hydroxylation is 1. The first-order chi connectivity index (χ1) is 22.9. The van der Waals surface area contributed by atoms with Crippen molar-refractivity contribution in [1.82, 2.24) is 0 Å². The number of esters is 1. The third kappa shape index (κ3) is 8.56. The number of fused-ring (bicyclic) bond motifs is 5. The second kappa shape index (κ2) is 14.9. The quantitative estimate of drug-likeness (QED) is 0.0941. The fourth-order valence-corrected chi connectivity index (χ4v) is 10.9. The van der Waals surface area contributed by atoms with E-state index in [9.17, 15) is 31.1 Å². The maximum atomic E-state index is 13.2. The summed E-state index contributed by atoms with van der Waals surface area (Å²) in [4.78, 5) is 12.8. The summed E-state index contributed by atoms with van der Waals surface area (Å²) in [5.74, 6) is 4.38. The lowest BCUT2D eigenvalue weighted by Gasteiger charge is -2.58. The van der Waals surface area contributed by atoms with Gasteiger partial charge in [-0.1, -0.05) is 72.0 Å². The standard InChI is InChI=1S/C41H58F6O2/c1-26(2)10-9-11-27(3)34-16-17-35-33-15-14-29-25-32(18-20-38(29,4)36(33)19-21-39(34,35)5)49-37(48)13-8-6-7-12-28-22-30(40(42,43)44)24-31(23-28)41(45,46)47/h14,22-24,26-27,32-36H,6-13,15-21,25H2,1-5H3. The molecule has 8 unspecified atom stereocenters. The molecule has 0 saturated heterocycles. The monoisotopic (exact) mass is 696 g/mol. The Morgan fingerprint density at radius 2 is 1.53 bits per heavy atom. The fourth-order valence-electron chi connectivity index (χ4n) is 10.9. The first kappa shape index (κ1) is 38.2. The van der Waals surface area contributed by atoms with Crippen molar-refractivity contribution in [3.8, 4) is 0 Å². The highest BCUT2D eigenvalue weighted by Gasteiger charge is 2.59. The number of alkyl halides is 6. The second-order valence-corrected chi connectivity index (χ2v) is 17.1. The van der Waals surface area contributed by atoms with Gasteiger partial charge in [0, 0.05) is 12.8 Å². The highest BCUT2D eigenvalue weighted by molar-refractivity contribution is 5.69. The zero-order valence-corrected chi connectivity index (χ0v) is 30.2. The molecule has 5 rings (SSSR count). The predicted molar refractivity (Wildman–Crippen MR) is 182 cm³/mol. The number of unbranched alkanes of at least 4 members (excludes halogenated alkanes) is 2. The van der Waals surface area contributed by atoms with Crippen LogP contribution in [0.3, 0.4) is 0 Å². The second-order valence-electron chi connectivity index (χ2n) is 17.1. The first-order valence-electron chi connectivity index (χ1n) is 19.1. The smallest absolute Gasteiger partial charge is 0.416 e. The van der Waals surface area contributed by atoms with Crippen LogP contribution in [0.25, 0.3) is 0 Å². The van der Waals surface area contributed by atoms with E-state index in [-0.39, 0.29) is 42.0 Å². The van der Waals surface area contributed by atoms with Gasteiger partial charge < -0.3 is 4.74 Å².